The first-order valence-electron chi connectivity index (χ1n) is 8.69. The number of aryl methyl sites for hydroxylation is 1. The Labute approximate surface area is 131 Å². The zero-order valence-electron chi connectivity index (χ0n) is 14.6. The molecule has 1 fully saturated rings. The summed E-state index contributed by atoms with van der Waals surface area (Å²) in [5.74, 6) is 1.65. The van der Waals surface area contributed by atoms with Gasteiger partial charge in [-0.05, 0) is 62.0 Å². The van der Waals surface area contributed by atoms with Crippen LogP contribution in [0.3, 0.4) is 0 Å². The average molecular weight is 287 g/mol. The summed E-state index contributed by atoms with van der Waals surface area (Å²) < 4.78 is 0. The second-order valence-corrected chi connectivity index (χ2v) is 7.99. The molecule has 1 heteroatoms. The third-order valence-corrected chi connectivity index (χ3v) is 5.25. The molecule has 3 atom stereocenters. The summed E-state index contributed by atoms with van der Waals surface area (Å²) in [6, 6.07) is 9.77. The molecule has 0 spiro atoms. The molecule has 1 nitrogen and oxygen atoms in total. The van der Waals surface area contributed by atoms with Crippen LogP contribution in [0.15, 0.2) is 24.3 Å². The summed E-state index contributed by atoms with van der Waals surface area (Å²) in [7, 11) is 0. The fraction of sp³-hybridized carbons (Fsp3) is 0.700. The first-order chi connectivity index (χ1) is 9.90. The molecule has 21 heavy (non-hydrogen) atoms. The van der Waals surface area contributed by atoms with Gasteiger partial charge in [-0.2, -0.15) is 0 Å². The molecule has 1 N–H and O–H groups in total. The topological polar surface area (TPSA) is 12.0 Å². The highest BCUT2D eigenvalue weighted by Gasteiger charge is 2.35. The van der Waals surface area contributed by atoms with Crippen LogP contribution in [0, 0.1) is 24.2 Å². The van der Waals surface area contributed by atoms with Crippen molar-refractivity contribution in [1.82, 2.24) is 5.32 Å². The minimum atomic E-state index is 0.446. The normalized spacial score (nSPS) is 26.8. The minimum absolute atomic E-state index is 0.446. The van der Waals surface area contributed by atoms with Gasteiger partial charge in [0.15, 0.2) is 0 Å². The highest BCUT2D eigenvalue weighted by atomic mass is 14.9. The summed E-state index contributed by atoms with van der Waals surface area (Å²) in [6.07, 6.45) is 5.32. The van der Waals surface area contributed by atoms with Gasteiger partial charge in [-0.3, -0.25) is 0 Å². The molecule has 0 heterocycles. The largest absolute Gasteiger partial charge is 0.314 e. The van der Waals surface area contributed by atoms with Gasteiger partial charge >= 0.3 is 0 Å². The van der Waals surface area contributed by atoms with E-state index in [0.717, 1.165) is 18.4 Å². The molecule has 1 aromatic rings. The van der Waals surface area contributed by atoms with E-state index in [1.165, 1.54) is 36.8 Å². The SMILES string of the molecule is CCNC1CCC(C(C)(C)C)CC1Cc1cccc(C)c1. The second kappa shape index (κ2) is 6.96. The predicted molar refractivity (Wildman–Crippen MR) is 92.6 cm³/mol. The Morgan fingerprint density at radius 3 is 2.57 bits per heavy atom. The van der Waals surface area contributed by atoms with E-state index in [-0.39, 0.29) is 0 Å². The summed E-state index contributed by atoms with van der Waals surface area (Å²) in [4.78, 5) is 0. The highest BCUT2D eigenvalue weighted by molar-refractivity contribution is 5.23. The zero-order chi connectivity index (χ0) is 15.5. The van der Waals surface area contributed by atoms with Crippen molar-refractivity contribution in [2.75, 3.05) is 6.54 Å². The molecule has 0 aromatic heterocycles. The lowest BCUT2D eigenvalue weighted by molar-refractivity contribution is 0.114. The van der Waals surface area contributed by atoms with E-state index in [1.807, 2.05) is 0 Å². The van der Waals surface area contributed by atoms with Crippen LogP contribution < -0.4 is 5.32 Å². The van der Waals surface area contributed by atoms with Gasteiger partial charge in [-0.25, -0.2) is 0 Å². The van der Waals surface area contributed by atoms with Crippen molar-refractivity contribution in [3.63, 3.8) is 0 Å². The van der Waals surface area contributed by atoms with Gasteiger partial charge < -0.3 is 5.32 Å². The number of hydrogen-bond donors (Lipinski definition) is 1. The fourth-order valence-electron chi connectivity index (χ4n) is 3.95. The van der Waals surface area contributed by atoms with Crippen molar-refractivity contribution in [3.8, 4) is 0 Å². The van der Waals surface area contributed by atoms with Gasteiger partial charge in [0.1, 0.15) is 0 Å². The Hall–Kier alpha value is -0.820. The van der Waals surface area contributed by atoms with Crippen LogP contribution in [0.25, 0.3) is 0 Å². The molecular formula is C20H33N. The number of rotatable bonds is 4. The monoisotopic (exact) mass is 287 g/mol. The third kappa shape index (κ3) is 4.57. The van der Waals surface area contributed by atoms with Crippen molar-refractivity contribution in [2.45, 2.75) is 66.3 Å². The van der Waals surface area contributed by atoms with Gasteiger partial charge in [0.2, 0.25) is 0 Å². The molecule has 1 saturated carbocycles. The maximum atomic E-state index is 3.74. The Morgan fingerprint density at radius 1 is 1.19 bits per heavy atom. The molecule has 1 aliphatic rings. The van der Waals surface area contributed by atoms with Crippen LogP contribution in [0.5, 0.6) is 0 Å². The molecule has 2 rings (SSSR count). The maximum Gasteiger partial charge on any atom is 0.00985 e. The maximum absolute atomic E-state index is 3.74. The standard InChI is InChI=1S/C20H33N/c1-6-21-19-11-10-18(20(3,4)5)14-17(19)13-16-9-7-8-15(2)12-16/h7-9,12,17-19,21H,6,10-11,13-14H2,1-5H3. The molecule has 0 radical (unpaired) electrons. The smallest absolute Gasteiger partial charge is 0.00985 e. The zero-order valence-corrected chi connectivity index (χ0v) is 14.6. The second-order valence-electron chi connectivity index (χ2n) is 7.99. The van der Waals surface area contributed by atoms with Gasteiger partial charge in [-0.15, -0.1) is 0 Å². The first-order valence-corrected chi connectivity index (χ1v) is 8.69. The van der Waals surface area contributed by atoms with Gasteiger partial charge in [0.25, 0.3) is 0 Å². The Bertz CT molecular complexity index is 443. The van der Waals surface area contributed by atoms with Crippen LogP contribution in [0.2, 0.25) is 0 Å². The quantitative estimate of drug-likeness (QED) is 0.823. The molecule has 1 aromatic carbocycles. The Kier molecular flexibility index (Phi) is 5.48. The van der Waals surface area contributed by atoms with Crippen molar-refractivity contribution >= 4 is 0 Å². The van der Waals surface area contributed by atoms with E-state index in [4.69, 9.17) is 0 Å². The van der Waals surface area contributed by atoms with Crippen LogP contribution >= 0.6 is 0 Å². The average Bonchev–Trinajstić information content (AvgIpc) is 2.40. The first kappa shape index (κ1) is 16.5. The summed E-state index contributed by atoms with van der Waals surface area (Å²) >= 11 is 0. The number of hydrogen-bond acceptors (Lipinski definition) is 1. The van der Waals surface area contributed by atoms with E-state index in [0.29, 0.717) is 11.5 Å². The van der Waals surface area contributed by atoms with E-state index in [1.54, 1.807) is 0 Å². The van der Waals surface area contributed by atoms with Crippen molar-refractivity contribution < 1.29 is 0 Å². The van der Waals surface area contributed by atoms with Crippen LogP contribution in [-0.4, -0.2) is 12.6 Å². The third-order valence-electron chi connectivity index (χ3n) is 5.25. The number of benzene rings is 1. The molecule has 3 unspecified atom stereocenters. The van der Waals surface area contributed by atoms with Crippen molar-refractivity contribution in [3.05, 3.63) is 35.4 Å². The molecule has 0 aliphatic heterocycles. The lowest BCUT2D eigenvalue weighted by Crippen LogP contribution is -2.43. The molecule has 0 bridgehead atoms. The van der Waals surface area contributed by atoms with Crippen LogP contribution in [0.1, 0.15) is 58.1 Å². The van der Waals surface area contributed by atoms with Gasteiger partial charge in [0, 0.05) is 6.04 Å². The number of nitrogens with one attached hydrogen (secondary N) is 1. The summed E-state index contributed by atoms with van der Waals surface area (Å²) in [5.41, 5.74) is 3.34. The van der Waals surface area contributed by atoms with Crippen molar-refractivity contribution in [1.29, 1.82) is 0 Å². The molecular weight excluding hydrogens is 254 g/mol. The Morgan fingerprint density at radius 2 is 1.95 bits per heavy atom. The molecule has 1 aliphatic carbocycles. The fourth-order valence-corrected chi connectivity index (χ4v) is 3.95. The van der Waals surface area contributed by atoms with E-state index < -0.39 is 0 Å². The summed E-state index contributed by atoms with van der Waals surface area (Å²) in [5, 5.41) is 3.74. The molecule has 0 amide bonds. The summed E-state index contributed by atoms with van der Waals surface area (Å²) in [6.45, 7) is 12.8. The predicted octanol–water partition coefficient (Wildman–Crippen LogP) is 4.98. The van der Waals surface area contributed by atoms with Crippen LogP contribution in [-0.2, 0) is 6.42 Å². The van der Waals surface area contributed by atoms with Gasteiger partial charge in [0.05, 0.1) is 0 Å². The van der Waals surface area contributed by atoms with E-state index in [9.17, 15) is 0 Å². The van der Waals surface area contributed by atoms with E-state index >= 15 is 0 Å². The van der Waals surface area contributed by atoms with Crippen molar-refractivity contribution in [2.24, 2.45) is 17.3 Å². The lowest BCUT2D eigenvalue weighted by Gasteiger charge is -2.42. The van der Waals surface area contributed by atoms with E-state index in [2.05, 4.69) is 64.2 Å². The Balaban J connectivity index is 2.10. The van der Waals surface area contributed by atoms with Gasteiger partial charge in [-0.1, -0.05) is 57.5 Å². The highest BCUT2D eigenvalue weighted by Crippen LogP contribution is 2.41. The molecule has 0 saturated heterocycles. The molecule has 118 valence electrons. The minimum Gasteiger partial charge on any atom is -0.314 e. The lowest BCUT2D eigenvalue weighted by atomic mass is 9.66. The van der Waals surface area contributed by atoms with Crippen LogP contribution in [0.4, 0.5) is 0 Å².